The highest BCUT2D eigenvalue weighted by Crippen LogP contribution is 2.23. The molecule has 0 bridgehead atoms. The summed E-state index contributed by atoms with van der Waals surface area (Å²) in [6, 6.07) is 14.8. The fourth-order valence-corrected chi connectivity index (χ4v) is 3.71. The van der Waals surface area contributed by atoms with Crippen LogP contribution < -0.4 is 15.4 Å². The summed E-state index contributed by atoms with van der Waals surface area (Å²) in [5.41, 5.74) is 2.60. The standard InChI is InChI=1S/C23H27N5O3S/c1-15-5-7-17(8-6-15)24-21(29)14-13-20-26-27-23(28(20)3)32-16(2)22(30)25-18-9-11-19(31-4)12-10-18/h5-12,16H,13-14H2,1-4H3,(H,24,29)(H,25,30)/t16-/m1/s1. The maximum atomic E-state index is 12.5. The molecule has 3 rings (SSSR count). The molecule has 0 spiro atoms. The fraction of sp³-hybridized carbons (Fsp3) is 0.304. The number of thioether (sulfide) groups is 1. The number of anilines is 2. The number of aromatic nitrogens is 3. The van der Waals surface area contributed by atoms with Gasteiger partial charge in [-0.05, 0) is 50.2 Å². The van der Waals surface area contributed by atoms with E-state index >= 15 is 0 Å². The SMILES string of the molecule is COc1ccc(NC(=O)[C@@H](C)Sc2nnc(CCC(=O)Nc3ccc(C)cc3)n2C)cc1. The van der Waals surface area contributed by atoms with Gasteiger partial charge in [0.05, 0.1) is 12.4 Å². The third-order valence-corrected chi connectivity index (χ3v) is 5.98. The number of hydrogen-bond donors (Lipinski definition) is 2. The van der Waals surface area contributed by atoms with Crippen LogP contribution in [0.15, 0.2) is 53.7 Å². The summed E-state index contributed by atoms with van der Waals surface area (Å²) in [5.74, 6) is 1.19. The molecule has 3 aromatic rings. The minimum Gasteiger partial charge on any atom is -0.497 e. The lowest BCUT2D eigenvalue weighted by Gasteiger charge is -2.12. The van der Waals surface area contributed by atoms with Crippen LogP contribution in [0.1, 0.15) is 24.7 Å². The number of carbonyl (C=O) groups excluding carboxylic acids is 2. The molecule has 0 saturated carbocycles. The van der Waals surface area contributed by atoms with Crippen molar-refractivity contribution >= 4 is 35.0 Å². The Balaban J connectivity index is 1.51. The number of aryl methyl sites for hydroxylation is 2. The topological polar surface area (TPSA) is 98.1 Å². The lowest BCUT2D eigenvalue weighted by atomic mass is 10.2. The van der Waals surface area contributed by atoms with Crippen LogP contribution in [0.5, 0.6) is 5.75 Å². The highest BCUT2D eigenvalue weighted by Gasteiger charge is 2.19. The molecule has 0 saturated heterocycles. The molecule has 8 nitrogen and oxygen atoms in total. The van der Waals surface area contributed by atoms with Gasteiger partial charge in [-0.15, -0.1) is 10.2 Å². The molecule has 0 fully saturated rings. The molecule has 0 aliphatic rings. The van der Waals surface area contributed by atoms with E-state index in [-0.39, 0.29) is 23.5 Å². The van der Waals surface area contributed by atoms with Crippen LogP contribution in [-0.2, 0) is 23.1 Å². The second kappa shape index (κ2) is 10.8. The zero-order valence-corrected chi connectivity index (χ0v) is 19.4. The maximum absolute atomic E-state index is 12.5. The van der Waals surface area contributed by atoms with Crippen LogP contribution in [0.25, 0.3) is 0 Å². The van der Waals surface area contributed by atoms with E-state index in [0.29, 0.717) is 23.1 Å². The number of carbonyl (C=O) groups is 2. The molecule has 168 valence electrons. The summed E-state index contributed by atoms with van der Waals surface area (Å²) < 4.78 is 6.95. The van der Waals surface area contributed by atoms with E-state index < -0.39 is 0 Å². The van der Waals surface area contributed by atoms with Gasteiger partial charge < -0.3 is 19.9 Å². The highest BCUT2D eigenvalue weighted by atomic mass is 32.2. The van der Waals surface area contributed by atoms with Crippen LogP contribution in [0.2, 0.25) is 0 Å². The zero-order chi connectivity index (χ0) is 23.1. The van der Waals surface area contributed by atoms with Gasteiger partial charge in [-0.3, -0.25) is 9.59 Å². The molecule has 0 aliphatic carbocycles. The first-order valence-electron chi connectivity index (χ1n) is 10.2. The highest BCUT2D eigenvalue weighted by molar-refractivity contribution is 8.00. The van der Waals surface area contributed by atoms with Crippen LogP contribution >= 0.6 is 11.8 Å². The van der Waals surface area contributed by atoms with Crippen LogP contribution in [-0.4, -0.2) is 38.9 Å². The van der Waals surface area contributed by atoms with E-state index in [0.717, 1.165) is 17.0 Å². The van der Waals surface area contributed by atoms with Gasteiger partial charge in [0.2, 0.25) is 11.8 Å². The van der Waals surface area contributed by atoms with Gasteiger partial charge >= 0.3 is 0 Å². The minimum atomic E-state index is -0.377. The molecule has 0 aliphatic heterocycles. The van der Waals surface area contributed by atoms with Crippen molar-refractivity contribution in [2.45, 2.75) is 37.1 Å². The lowest BCUT2D eigenvalue weighted by Crippen LogP contribution is -2.22. The Kier molecular flexibility index (Phi) is 7.88. The molecule has 1 atom stereocenters. The number of amides is 2. The number of rotatable bonds is 9. The van der Waals surface area contributed by atoms with Crippen LogP contribution in [0.3, 0.4) is 0 Å². The van der Waals surface area contributed by atoms with E-state index in [4.69, 9.17) is 4.74 Å². The summed E-state index contributed by atoms with van der Waals surface area (Å²) >= 11 is 1.32. The zero-order valence-electron chi connectivity index (χ0n) is 18.6. The van der Waals surface area contributed by atoms with E-state index in [1.54, 1.807) is 31.4 Å². The van der Waals surface area contributed by atoms with Crippen LogP contribution in [0.4, 0.5) is 11.4 Å². The number of hydrogen-bond acceptors (Lipinski definition) is 6. The first-order chi connectivity index (χ1) is 15.4. The Morgan fingerprint density at radius 2 is 1.66 bits per heavy atom. The average Bonchev–Trinajstić information content (AvgIpc) is 3.13. The quantitative estimate of drug-likeness (QED) is 0.478. The molecule has 2 N–H and O–H groups in total. The van der Waals surface area contributed by atoms with Crippen LogP contribution in [0, 0.1) is 6.92 Å². The average molecular weight is 454 g/mol. The fourth-order valence-electron chi connectivity index (χ4n) is 2.88. The Morgan fingerprint density at radius 3 is 2.31 bits per heavy atom. The Morgan fingerprint density at radius 1 is 1.03 bits per heavy atom. The minimum absolute atomic E-state index is 0.0849. The van der Waals surface area contributed by atoms with Gasteiger partial charge in [-0.2, -0.15) is 0 Å². The van der Waals surface area contributed by atoms with Crippen molar-refractivity contribution in [2.75, 3.05) is 17.7 Å². The molecule has 0 unspecified atom stereocenters. The van der Waals surface area contributed by atoms with Gasteiger partial charge in [0.25, 0.3) is 0 Å². The largest absolute Gasteiger partial charge is 0.497 e. The first-order valence-corrected chi connectivity index (χ1v) is 11.1. The third kappa shape index (κ3) is 6.34. The Bertz CT molecular complexity index is 1060. The summed E-state index contributed by atoms with van der Waals surface area (Å²) in [6.07, 6.45) is 0.742. The summed E-state index contributed by atoms with van der Waals surface area (Å²) in [4.78, 5) is 24.8. The number of benzene rings is 2. The number of ether oxygens (including phenoxy) is 1. The van der Waals surface area contributed by atoms with E-state index in [2.05, 4.69) is 20.8 Å². The van der Waals surface area contributed by atoms with Crippen molar-refractivity contribution in [1.29, 1.82) is 0 Å². The molecule has 1 heterocycles. The van der Waals surface area contributed by atoms with Gasteiger partial charge in [0, 0.05) is 31.3 Å². The number of nitrogens with zero attached hydrogens (tertiary/aromatic N) is 3. The summed E-state index contributed by atoms with van der Waals surface area (Å²) in [5, 5.41) is 14.4. The summed E-state index contributed by atoms with van der Waals surface area (Å²) in [6.45, 7) is 3.81. The lowest BCUT2D eigenvalue weighted by molar-refractivity contribution is -0.116. The van der Waals surface area contributed by atoms with Gasteiger partial charge in [-0.25, -0.2) is 0 Å². The van der Waals surface area contributed by atoms with Gasteiger partial charge in [-0.1, -0.05) is 29.5 Å². The van der Waals surface area contributed by atoms with E-state index in [9.17, 15) is 9.59 Å². The number of methoxy groups -OCH3 is 1. The van der Waals surface area contributed by atoms with Crippen molar-refractivity contribution in [2.24, 2.45) is 7.05 Å². The van der Waals surface area contributed by atoms with Gasteiger partial charge in [0.15, 0.2) is 5.16 Å². The van der Waals surface area contributed by atoms with Crippen molar-refractivity contribution in [3.05, 3.63) is 59.9 Å². The van der Waals surface area contributed by atoms with Gasteiger partial charge in [0.1, 0.15) is 11.6 Å². The monoisotopic (exact) mass is 453 g/mol. The van der Waals surface area contributed by atoms with Crippen molar-refractivity contribution in [3.8, 4) is 5.75 Å². The molecular weight excluding hydrogens is 426 g/mol. The molecule has 1 aromatic heterocycles. The molecule has 2 amide bonds. The third-order valence-electron chi connectivity index (χ3n) is 4.85. The first kappa shape index (κ1) is 23.3. The predicted octanol–water partition coefficient (Wildman–Crippen LogP) is 3.82. The Labute approximate surface area is 191 Å². The number of nitrogens with one attached hydrogen (secondary N) is 2. The predicted molar refractivity (Wildman–Crippen MR) is 126 cm³/mol. The molecule has 32 heavy (non-hydrogen) atoms. The van der Waals surface area contributed by atoms with Crippen molar-refractivity contribution < 1.29 is 14.3 Å². The molecule has 0 radical (unpaired) electrons. The second-order valence-corrected chi connectivity index (χ2v) is 8.66. The summed E-state index contributed by atoms with van der Waals surface area (Å²) in [7, 11) is 3.43. The second-order valence-electron chi connectivity index (χ2n) is 7.35. The molecule has 2 aromatic carbocycles. The van der Waals surface area contributed by atoms with Crippen molar-refractivity contribution in [3.63, 3.8) is 0 Å². The maximum Gasteiger partial charge on any atom is 0.237 e. The Hall–Kier alpha value is -3.33. The van der Waals surface area contributed by atoms with E-state index in [1.165, 1.54) is 11.8 Å². The normalized spacial score (nSPS) is 11.6. The molecular formula is C23H27N5O3S. The van der Waals surface area contributed by atoms with Crippen molar-refractivity contribution in [1.82, 2.24) is 14.8 Å². The smallest absolute Gasteiger partial charge is 0.237 e. The van der Waals surface area contributed by atoms with E-state index in [1.807, 2.05) is 49.7 Å². The molecule has 9 heteroatoms.